The number of anilines is 1. The number of carbonyl (C=O) groups is 1. The molecule has 6 nitrogen and oxygen atoms in total. The molecule has 0 unspecified atom stereocenters. The van der Waals surface area contributed by atoms with Crippen molar-refractivity contribution < 1.29 is 4.79 Å². The van der Waals surface area contributed by atoms with Crippen molar-refractivity contribution in [2.45, 2.75) is 6.92 Å². The summed E-state index contributed by atoms with van der Waals surface area (Å²) in [6.45, 7) is 1.87. The summed E-state index contributed by atoms with van der Waals surface area (Å²) in [6, 6.07) is 9.62. The Morgan fingerprint density at radius 1 is 1.25 bits per heavy atom. The molecule has 0 saturated heterocycles. The number of aromatic nitrogens is 4. The number of nitrogens with one attached hydrogen (secondary N) is 2. The van der Waals surface area contributed by atoms with Crippen LogP contribution in [0.2, 0.25) is 0 Å². The highest BCUT2D eigenvalue weighted by Crippen LogP contribution is 2.12. The first kappa shape index (κ1) is 12.2. The van der Waals surface area contributed by atoms with Crippen molar-refractivity contribution in [3.63, 3.8) is 0 Å². The quantitative estimate of drug-likeness (QED) is 0.763. The van der Waals surface area contributed by atoms with E-state index in [1.165, 1.54) is 6.20 Å². The molecular formula is C14H13N5O. The van der Waals surface area contributed by atoms with E-state index in [0.717, 1.165) is 11.3 Å². The number of hydrogen-bond acceptors (Lipinski definition) is 3. The molecule has 0 bridgehead atoms. The van der Waals surface area contributed by atoms with Crippen LogP contribution in [0.5, 0.6) is 0 Å². The van der Waals surface area contributed by atoms with E-state index in [4.69, 9.17) is 0 Å². The molecule has 0 aliphatic carbocycles. The molecule has 3 rings (SSSR count). The smallest absolute Gasteiger partial charge is 0.260 e. The van der Waals surface area contributed by atoms with E-state index < -0.39 is 0 Å². The van der Waals surface area contributed by atoms with Gasteiger partial charge in [0.25, 0.3) is 5.91 Å². The van der Waals surface area contributed by atoms with Crippen molar-refractivity contribution >= 4 is 11.7 Å². The summed E-state index contributed by atoms with van der Waals surface area (Å²) in [5, 5.41) is 13.5. The summed E-state index contributed by atoms with van der Waals surface area (Å²) in [6.07, 6.45) is 4.88. The molecule has 0 saturated carbocycles. The molecule has 0 fully saturated rings. The molecule has 0 aliphatic heterocycles. The average Bonchev–Trinajstić information content (AvgIpc) is 3.10. The van der Waals surface area contributed by atoms with Gasteiger partial charge in [0.1, 0.15) is 5.82 Å². The first-order chi connectivity index (χ1) is 9.74. The molecule has 0 radical (unpaired) electrons. The number of carbonyl (C=O) groups excluding carboxylic acids is 1. The van der Waals surface area contributed by atoms with E-state index in [1.54, 1.807) is 17.1 Å². The second kappa shape index (κ2) is 5.00. The van der Waals surface area contributed by atoms with Gasteiger partial charge < -0.3 is 5.32 Å². The van der Waals surface area contributed by atoms with Gasteiger partial charge in [-0.25, -0.2) is 4.68 Å². The Hall–Kier alpha value is -2.89. The number of nitrogens with zero attached hydrogens (tertiary/aromatic N) is 3. The second-order valence-electron chi connectivity index (χ2n) is 4.39. The van der Waals surface area contributed by atoms with E-state index in [0.29, 0.717) is 11.4 Å². The van der Waals surface area contributed by atoms with Crippen LogP contribution in [0.15, 0.2) is 48.9 Å². The van der Waals surface area contributed by atoms with Gasteiger partial charge >= 0.3 is 0 Å². The van der Waals surface area contributed by atoms with E-state index in [-0.39, 0.29) is 5.91 Å². The Morgan fingerprint density at radius 2 is 2.05 bits per heavy atom. The van der Waals surface area contributed by atoms with Gasteiger partial charge in [-0.2, -0.15) is 10.2 Å². The third-order valence-corrected chi connectivity index (χ3v) is 2.93. The molecule has 100 valence electrons. The number of rotatable bonds is 3. The van der Waals surface area contributed by atoms with Gasteiger partial charge in [-0.05, 0) is 19.1 Å². The zero-order valence-electron chi connectivity index (χ0n) is 10.9. The van der Waals surface area contributed by atoms with Gasteiger partial charge in [-0.1, -0.05) is 18.2 Å². The third-order valence-electron chi connectivity index (χ3n) is 2.93. The topological polar surface area (TPSA) is 75.6 Å². The number of para-hydroxylation sites is 1. The Balaban J connectivity index is 1.80. The second-order valence-corrected chi connectivity index (χ2v) is 4.39. The lowest BCUT2D eigenvalue weighted by Gasteiger charge is -2.01. The van der Waals surface area contributed by atoms with Crippen LogP contribution in [0.3, 0.4) is 0 Å². The molecule has 0 spiro atoms. The van der Waals surface area contributed by atoms with Crippen LogP contribution in [-0.2, 0) is 0 Å². The van der Waals surface area contributed by atoms with Crippen molar-refractivity contribution in [1.29, 1.82) is 0 Å². The van der Waals surface area contributed by atoms with Crippen molar-refractivity contribution in [3.05, 3.63) is 60.0 Å². The molecule has 0 aliphatic rings. The van der Waals surface area contributed by atoms with Crippen LogP contribution in [0.4, 0.5) is 5.82 Å². The molecule has 6 heteroatoms. The van der Waals surface area contributed by atoms with Crippen molar-refractivity contribution in [3.8, 4) is 5.69 Å². The van der Waals surface area contributed by atoms with Gasteiger partial charge in [-0.3, -0.25) is 9.89 Å². The van der Waals surface area contributed by atoms with Crippen molar-refractivity contribution in [1.82, 2.24) is 20.0 Å². The van der Waals surface area contributed by atoms with Crippen molar-refractivity contribution in [2.24, 2.45) is 0 Å². The summed E-state index contributed by atoms with van der Waals surface area (Å²) >= 11 is 0. The maximum atomic E-state index is 12.1. The Kier molecular flexibility index (Phi) is 3.04. The standard InChI is InChI=1S/C14H13N5O/c1-10-7-15-18-13(10)17-14(20)11-8-16-19(9-11)12-5-3-2-4-6-12/h2-9H,1H3,(H2,15,17,18,20). The Labute approximate surface area is 115 Å². The lowest BCUT2D eigenvalue weighted by atomic mass is 10.3. The molecule has 3 aromatic rings. The first-order valence-electron chi connectivity index (χ1n) is 6.15. The van der Waals surface area contributed by atoms with Crippen LogP contribution < -0.4 is 5.32 Å². The van der Waals surface area contributed by atoms with Gasteiger partial charge in [0.2, 0.25) is 0 Å². The normalized spacial score (nSPS) is 10.4. The van der Waals surface area contributed by atoms with E-state index in [1.807, 2.05) is 37.3 Å². The Bertz CT molecular complexity index is 729. The first-order valence-corrected chi connectivity index (χ1v) is 6.15. The molecule has 0 atom stereocenters. The number of aryl methyl sites for hydroxylation is 1. The number of benzene rings is 1. The van der Waals surface area contributed by atoms with Crippen LogP contribution in [0.25, 0.3) is 5.69 Å². The van der Waals surface area contributed by atoms with Crippen LogP contribution in [0.1, 0.15) is 15.9 Å². The summed E-state index contributed by atoms with van der Waals surface area (Å²) in [5.41, 5.74) is 2.28. The minimum atomic E-state index is -0.223. The monoisotopic (exact) mass is 267 g/mol. The number of H-pyrrole nitrogens is 1. The third kappa shape index (κ3) is 2.31. The minimum Gasteiger partial charge on any atom is -0.307 e. The molecule has 1 amide bonds. The summed E-state index contributed by atoms with van der Waals surface area (Å²) in [4.78, 5) is 12.1. The zero-order chi connectivity index (χ0) is 13.9. The number of amides is 1. The minimum absolute atomic E-state index is 0.223. The van der Waals surface area contributed by atoms with Gasteiger partial charge in [-0.15, -0.1) is 0 Å². The van der Waals surface area contributed by atoms with Gasteiger partial charge in [0.15, 0.2) is 0 Å². The van der Waals surface area contributed by atoms with E-state index >= 15 is 0 Å². The predicted molar refractivity (Wildman–Crippen MR) is 74.8 cm³/mol. The molecule has 20 heavy (non-hydrogen) atoms. The van der Waals surface area contributed by atoms with Crippen LogP contribution >= 0.6 is 0 Å². The maximum Gasteiger partial charge on any atom is 0.260 e. The highest BCUT2D eigenvalue weighted by Gasteiger charge is 2.11. The number of hydrogen-bond donors (Lipinski definition) is 2. The fourth-order valence-corrected chi connectivity index (χ4v) is 1.82. The summed E-state index contributed by atoms with van der Waals surface area (Å²) in [5.74, 6) is 0.377. The van der Waals surface area contributed by atoms with Crippen LogP contribution in [-0.4, -0.2) is 25.9 Å². The van der Waals surface area contributed by atoms with E-state index in [9.17, 15) is 4.79 Å². The van der Waals surface area contributed by atoms with E-state index in [2.05, 4.69) is 20.6 Å². The van der Waals surface area contributed by atoms with Crippen LogP contribution in [0, 0.1) is 6.92 Å². The highest BCUT2D eigenvalue weighted by atomic mass is 16.1. The molecule has 2 N–H and O–H groups in total. The zero-order valence-corrected chi connectivity index (χ0v) is 10.9. The summed E-state index contributed by atoms with van der Waals surface area (Å²) in [7, 11) is 0. The maximum absolute atomic E-state index is 12.1. The molecular weight excluding hydrogens is 254 g/mol. The average molecular weight is 267 g/mol. The fraction of sp³-hybridized carbons (Fsp3) is 0.0714. The molecule has 2 heterocycles. The summed E-state index contributed by atoms with van der Waals surface area (Å²) < 4.78 is 1.66. The van der Waals surface area contributed by atoms with Gasteiger partial charge in [0, 0.05) is 11.8 Å². The lowest BCUT2D eigenvalue weighted by Crippen LogP contribution is -2.12. The van der Waals surface area contributed by atoms with Crippen molar-refractivity contribution in [2.75, 3.05) is 5.32 Å². The highest BCUT2D eigenvalue weighted by molar-refractivity contribution is 6.03. The molecule has 2 aromatic heterocycles. The number of aromatic amines is 1. The Morgan fingerprint density at radius 3 is 2.75 bits per heavy atom. The predicted octanol–water partition coefficient (Wildman–Crippen LogP) is 2.16. The fourth-order valence-electron chi connectivity index (χ4n) is 1.82. The largest absolute Gasteiger partial charge is 0.307 e. The molecule has 1 aromatic carbocycles. The van der Waals surface area contributed by atoms with Gasteiger partial charge in [0.05, 0.1) is 23.6 Å². The lowest BCUT2D eigenvalue weighted by molar-refractivity contribution is 0.102. The SMILES string of the molecule is Cc1cn[nH]c1NC(=O)c1cnn(-c2ccccc2)c1.